The van der Waals surface area contributed by atoms with Crippen molar-refractivity contribution in [2.24, 2.45) is 0 Å². The monoisotopic (exact) mass is 600 g/mol. The molecule has 0 radical (unpaired) electrons. The first kappa shape index (κ1) is 25.0. The van der Waals surface area contributed by atoms with Gasteiger partial charge in [-0.2, -0.15) is 0 Å². The van der Waals surface area contributed by atoms with Gasteiger partial charge in [0.2, 0.25) is 0 Å². The minimum Gasteiger partial charge on any atom is -0.458 e. The smallest absolute Gasteiger partial charge is 0.260 e. The Labute approximate surface area is 270 Å². The summed E-state index contributed by atoms with van der Waals surface area (Å²) in [7, 11) is 0. The van der Waals surface area contributed by atoms with Gasteiger partial charge in [0.25, 0.3) is 6.71 Å². The molecule has 0 spiro atoms. The van der Waals surface area contributed by atoms with Crippen LogP contribution in [0.1, 0.15) is 0 Å². The number of nitrogens with zero attached hydrogens (tertiary/aromatic N) is 2. The SMILES string of the molecule is c1ccc(-n2c3ccccc3c3c4c5ccccc5n(-c5ccc6c(c5)Oc5cccc7c5B6c5ccccc5O7)c4ccc32)cc1. The molecule has 0 saturated heterocycles. The van der Waals surface area contributed by atoms with Crippen LogP contribution in [0.4, 0.5) is 0 Å². The highest BCUT2D eigenvalue weighted by molar-refractivity contribution is 6.98. The van der Waals surface area contributed by atoms with Crippen molar-refractivity contribution in [2.75, 3.05) is 0 Å². The molecule has 0 atom stereocenters. The molecule has 0 aliphatic carbocycles. The van der Waals surface area contributed by atoms with Gasteiger partial charge in [-0.1, -0.05) is 84.9 Å². The number of fused-ring (bicyclic) bond motifs is 11. The molecule has 7 aromatic carbocycles. The van der Waals surface area contributed by atoms with Crippen molar-refractivity contribution in [1.82, 2.24) is 9.13 Å². The lowest BCUT2D eigenvalue weighted by atomic mass is 9.35. The van der Waals surface area contributed by atoms with Crippen molar-refractivity contribution >= 4 is 66.7 Å². The van der Waals surface area contributed by atoms with E-state index in [0.717, 1.165) is 45.3 Å². The van der Waals surface area contributed by atoms with Gasteiger partial charge in [0, 0.05) is 44.4 Å². The number of benzene rings is 7. The molecule has 4 nitrogen and oxygen atoms in total. The first-order valence-corrected chi connectivity index (χ1v) is 16.1. The van der Waals surface area contributed by atoms with Crippen LogP contribution in [0.2, 0.25) is 0 Å². The maximum Gasteiger partial charge on any atom is 0.260 e. The third-order valence-electron chi connectivity index (χ3n) is 10.0. The lowest BCUT2D eigenvalue weighted by molar-refractivity contribution is 0.464. The summed E-state index contributed by atoms with van der Waals surface area (Å²) in [5, 5.41) is 5.01. The van der Waals surface area contributed by atoms with Gasteiger partial charge >= 0.3 is 0 Å². The second-order valence-electron chi connectivity index (χ2n) is 12.5. The maximum atomic E-state index is 6.69. The Balaban J connectivity index is 1.19. The number of hydrogen-bond acceptors (Lipinski definition) is 2. The summed E-state index contributed by atoms with van der Waals surface area (Å²) in [5.74, 6) is 3.49. The van der Waals surface area contributed by atoms with Gasteiger partial charge in [-0.05, 0) is 71.6 Å². The molecule has 4 heterocycles. The highest BCUT2D eigenvalue weighted by Crippen LogP contribution is 2.43. The molecular weight excluding hydrogens is 575 g/mol. The summed E-state index contributed by atoms with van der Waals surface area (Å²) in [6.07, 6.45) is 0. The van der Waals surface area contributed by atoms with Crippen LogP contribution in [0.25, 0.3) is 55.0 Å². The fourth-order valence-corrected chi connectivity index (χ4v) is 8.15. The lowest BCUT2D eigenvalue weighted by Crippen LogP contribution is -2.57. The van der Waals surface area contributed by atoms with Gasteiger partial charge in [0.1, 0.15) is 23.0 Å². The van der Waals surface area contributed by atoms with Crippen LogP contribution in [0.15, 0.2) is 152 Å². The average molecular weight is 600 g/mol. The standard InChI is InChI=1S/C42H25BN2O2/c1-2-11-26(12-3-1)44-32-16-7-4-13-28(32)40-34(44)23-24-35-41(40)29-14-5-8-17-33(29)45(35)27-21-22-31-39(25-27)47-38-20-10-19-37-42(38)43(31)30-15-6-9-18-36(30)46-37/h1-25H. The van der Waals surface area contributed by atoms with E-state index in [1.165, 1.54) is 49.1 Å². The van der Waals surface area contributed by atoms with E-state index < -0.39 is 0 Å². The zero-order valence-electron chi connectivity index (χ0n) is 25.2. The first-order valence-electron chi connectivity index (χ1n) is 16.1. The molecule has 9 aromatic rings. The predicted molar refractivity (Wildman–Crippen MR) is 193 cm³/mol. The highest BCUT2D eigenvalue weighted by Gasteiger charge is 2.40. The fraction of sp³-hybridized carbons (Fsp3) is 0. The Kier molecular flexibility index (Phi) is 4.89. The summed E-state index contributed by atoms with van der Waals surface area (Å²) in [4.78, 5) is 0. The van der Waals surface area contributed by atoms with Crippen LogP contribution in [0.3, 0.4) is 0 Å². The van der Waals surface area contributed by atoms with E-state index in [-0.39, 0.29) is 6.71 Å². The minimum atomic E-state index is 0.0471. The highest BCUT2D eigenvalue weighted by atomic mass is 16.5. The topological polar surface area (TPSA) is 28.3 Å². The van der Waals surface area contributed by atoms with Gasteiger partial charge in [-0.25, -0.2) is 0 Å². The summed E-state index contributed by atoms with van der Waals surface area (Å²) in [6.45, 7) is 0.0471. The summed E-state index contributed by atoms with van der Waals surface area (Å²) < 4.78 is 17.8. The number of rotatable bonds is 2. The quantitative estimate of drug-likeness (QED) is 0.186. The molecule has 0 N–H and O–H groups in total. The number of hydrogen-bond donors (Lipinski definition) is 0. The average Bonchev–Trinajstić information content (AvgIpc) is 3.64. The van der Waals surface area contributed by atoms with E-state index in [9.17, 15) is 0 Å². The fourth-order valence-electron chi connectivity index (χ4n) is 8.15. The lowest BCUT2D eigenvalue weighted by Gasteiger charge is -2.33. The van der Waals surface area contributed by atoms with Crippen molar-refractivity contribution in [3.63, 3.8) is 0 Å². The summed E-state index contributed by atoms with van der Waals surface area (Å²) >= 11 is 0. The van der Waals surface area contributed by atoms with Gasteiger partial charge in [0.05, 0.1) is 22.1 Å². The first-order chi connectivity index (χ1) is 23.3. The van der Waals surface area contributed by atoms with Crippen LogP contribution in [0, 0.1) is 0 Å². The molecule has 2 aromatic heterocycles. The minimum absolute atomic E-state index is 0.0471. The van der Waals surface area contributed by atoms with E-state index in [2.05, 4.69) is 143 Å². The van der Waals surface area contributed by atoms with Crippen LogP contribution in [-0.4, -0.2) is 15.8 Å². The van der Waals surface area contributed by atoms with E-state index in [1.807, 2.05) is 18.2 Å². The Bertz CT molecular complexity index is 2760. The zero-order valence-corrected chi connectivity index (χ0v) is 25.2. The van der Waals surface area contributed by atoms with E-state index in [4.69, 9.17) is 9.47 Å². The Morgan fingerprint density at radius 1 is 0.383 bits per heavy atom. The molecule has 5 heteroatoms. The number of ether oxygens (including phenoxy) is 2. The van der Waals surface area contributed by atoms with Crippen LogP contribution >= 0.6 is 0 Å². The molecule has 0 saturated carbocycles. The third-order valence-corrected chi connectivity index (χ3v) is 10.0. The number of aromatic nitrogens is 2. The van der Waals surface area contributed by atoms with Crippen LogP contribution in [0.5, 0.6) is 23.0 Å². The Hall–Kier alpha value is -6.20. The van der Waals surface area contributed by atoms with Crippen molar-refractivity contribution in [3.8, 4) is 34.4 Å². The molecule has 11 rings (SSSR count). The van der Waals surface area contributed by atoms with Crippen molar-refractivity contribution in [1.29, 1.82) is 0 Å². The van der Waals surface area contributed by atoms with Crippen molar-refractivity contribution in [2.45, 2.75) is 0 Å². The second kappa shape index (κ2) is 9.18. The van der Waals surface area contributed by atoms with E-state index in [1.54, 1.807) is 0 Å². The number of para-hydroxylation sites is 4. The van der Waals surface area contributed by atoms with Crippen LogP contribution in [-0.2, 0) is 0 Å². The molecule has 0 unspecified atom stereocenters. The normalized spacial score (nSPS) is 13.0. The summed E-state index contributed by atoms with van der Waals surface area (Å²) in [5.41, 5.74) is 10.4. The molecule has 2 aliphatic heterocycles. The predicted octanol–water partition coefficient (Wildman–Crippen LogP) is 8.61. The molecule has 0 fully saturated rings. The van der Waals surface area contributed by atoms with Gasteiger partial charge in [0.15, 0.2) is 0 Å². The molecule has 47 heavy (non-hydrogen) atoms. The van der Waals surface area contributed by atoms with Gasteiger partial charge in [-0.15, -0.1) is 0 Å². The largest absolute Gasteiger partial charge is 0.458 e. The summed E-state index contributed by atoms with van der Waals surface area (Å²) in [6, 6.07) is 53.9. The Morgan fingerprint density at radius 3 is 1.66 bits per heavy atom. The van der Waals surface area contributed by atoms with Crippen molar-refractivity contribution < 1.29 is 9.47 Å². The Morgan fingerprint density at radius 2 is 0.936 bits per heavy atom. The van der Waals surface area contributed by atoms with Crippen molar-refractivity contribution in [3.05, 3.63) is 152 Å². The second-order valence-corrected chi connectivity index (χ2v) is 12.5. The molecule has 2 aliphatic rings. The van der Waals surface area contributed by atoms with E-state index in [0.29, 0.717) is 0 Å². The molecule has 218 valence electrons. The third kappa shape index (κ3) is 3.32. The van der Waals surface area contributed by atoms with Crippen LogP contribution < -0.4 is 25.9 Å². The zero-order chi connectivity index (χ0) is 30.6. The molecule has 0 amide bonds. The molecule has 0 bridgehead atoms. The van der Waals surface area contributed by atoms with Gasteiger partial charge in [-0.3, -0.25) is 0 Å². The van der Waals surface area contributed by atoms with E-state index >= 15 is 0 Å². The molecular formula is C42H25BN2O2. The van der Waals surface area contributed by atoms with Gasteiger partial charge < -0.3 is 18.6 Å². The maximum absolute atomic E-state index is 6.69.